The minimum Gasteiger partial charge on any atom is -0.348 e. The zero-order valence-corrected chi connectivity index (χ0v) is 6.60. The molecule has 0 spiro atoms. The Morgan fingerprint density at radius 3 is 3.09 bits per heavy atom. The quantitative estimate of drug-likeness (QED) is 0.698. The van der Waals surface area contributed by atoms with Crippen LogP contribution in [0.2, 0.25) is 0 Å². The van der Waals surface area contributed by atoms with Gasteiger partial charge in [-0.3, -0.25) is 4.79 Å². The lowest BCUT2D eigenvalue weighted by atomic mass is 10.4. The Bertz CT molecular complexity index is 255. The predicted molar refractivity (Wildman–Crippen MR) is 40.4 cm³/mol. The van der Waals surface area contributed by atoms with E-state index in [4.69, 9.17) is 0 Å². The van der Waals surface area contributed by atoms with Crippen LogP contribution in [-0.2, 0) is 0 Å². The summed E-state index contributed by atoms with van der Waals surface area (Å²) in [6.45, 7) is 0. The molecule has 0 atom stereocenters. The van der Waals surface area contributed by atoms with Crippen molar-refractivity contribution in [2.45, 2.75) is 18.9 Å². The third-order valence-corrected chi connectivity index (χ3v) is 1.98. The lowest BCUT2D eigenvalue weighted by molar-refractivity contribution is 0.0947. The number of rotatable bonds is 2. The third kappa shape index (κ3) is 1.54. The fourth-order valence-corrected chi connectivity index (χ4v) is 1.16. The summed E-state index contributed by atoms with van der Waals surface area (Å²) in [7, 11) is 0. The number of nitrogens with zero attached hydrogens (tertiary/aromatic N) is 2. The lowest BCUT2D eigenvalue weighted by Crippen LogP contribution is -2.25. The maximum absolute atomic E-state index is 11.1. The summed E-state index contributed by atoms with van der Waals surface area (Å²) in [6.07, 6.45) is 3.69. The van der Waals surface area contributed by atoms with Gasteiger partial charge in [0.25, 0.3) is 5.91 Å². The lowest BCUT2D eigenvalue weighted by Gasteiger charge is -1.96. The number of amides is 1. The van der Waals surface area contributed by atoms with Gasteiger partial charge >= 0.3 is 0 Å². The highest BCUT2D eigenvalue weighted by atomic mass is 32.1. The topological polar surface area (TPSA) is 54.9 Å². The van der Waals surface area contributed by atoms with Gasteiger partial charge in [-0.15, -0.1) is 0 Å². The van der Waals surface area contributed by atoms with Crippen LogP contribution in [0, 0.1) is 0 Å². The van der Waals surface area contributed by atoms with Crippen LogP contribution in [0.4, 0.5) is 0 Å². The van der Waals surface area contributed by atoms with Gasteiger partial charge in [0.2, 0.25) is 0 Å². The Labute approximate surface area is 68.0 Å². The van der Waals surface area contributed by atoms with Crippen LogP contribution in [0.5, 0.6) is 0 Å². The summed E-state index contributed by atoms with van der Waals surface area (Å²) in [6, 6.07) is 0.393. The molecule has 1 heterocycles. The van der Waals surface area contributed by atoms with E-state index in [1.54, 1.807) is 0 Å². The minimum atomic E-state index is -0.0961. The first-order valence-corrected chi connectivity index (χ1v) is 4.18. The van der Waals surface area contributed by atoms with Gasteiger partial charge in [-0.1, -0.05) is 0 Å². The number of aromatic nitrogens is 2. The van der Waals surface area contributed by atoms with E-state index in [-0.39, 0.29) is 5.91 Å². The molecule has 0 radical (unpaired) electrons. The second-order valence-corrected chi connectivity index (χ2v) is 3.10. The fraction of sp³-hybridized carbons (Fsp3) is 0.500. The van der Waals surface area contributed by atoms with Gasteiger partial charge in [0.05, 0.1) is 17.9 Å². The van der Waals surface area contributed by atoms with Gasteiger partial charge < -0.3 is 5.32 Å². The highest BCUT2D eigenvalue weighted by molar-refractivity contribution is 6.99. The van der Waals surface area contributed by atoms with Gasteiger partial charge in [0.1, 0.15) is 0 Å². The molecule has 0 aliphatic heterocycles. The van der Waals surface area contributed by atoms with Crippen molar-refractivity contribution < 1.29 is 4.79 Å². The van der Waals surface area contributed by atoms with E-state index < -0.39 is 0 Å². The first kappa shape index (κ1) is 6.72. The first-order chi connectivity index (χ1) is 5.36. The van der Waals surface area contributed by atoms with Crippen LogP contribution < -0.4 is 5.32 Å². The molecule has 2 rings (SSSR count). The smallest absolute Gasteiger partial charge is 0.272 e. The Hall–Kier alpha value is -0.970. The molecule has 0 bridgehead atoms. The number of carbonyl (C=O) groups excluding carboxylic acids is 1. The second kappa shape index (κ2) is 2.58. The van der Waals surface area contributed by atoms with E-state index in [1.165, 1.54) is 6.20 Å². The van der Waals surface area contributed by atoms with Crippen molar-refractivity contribution in [2.24, 2.45) is 0 Å². The normalized spacial score (nSPS) is 16.4. The summed E-state index contributed by atoms with van der Waals surface area (Å²) in [5.74, 6) is -0.0961. The molecule has 0 unspecified atom stereocenters. The van der Waals surface area contributed by atoms with Gasteiger partial charge in [-0.2, -0.15) is 8.75 Å². The molecule has 1 aromatic heterocycles. The van der Waals surface area contributed by atoms with E-state index in [0.717, 1.165) is 24.6 Å². The summed E-state index contributed by atoms with van der Waals surface area (Å²) < 4.78 is 7.56. The van der Waals surface area contributed by atoms with Crippen molar-refractivity contribution >= 4 is 17.6 Å². The van der Waals surface area contributed by atoms with Gasteiger partial charge in [0.15, 0.2) is 5.69 Å². The average Bonchev–Trinajstić information content (AvgIpc) is 2.67. The SMILES string of the molecule is O=C(NC1CC1)c1cnsn1. The molecular formula is C6H7N3OS. The fourth-order valence-electron chi connectivity index (χ4n) is 0.752. The van der Waals surface area contributed by atoms with E-state index in [0.29, 0.717) is 11.7 Å². The van der Waals surface area contributed by atoms with Crippen molar-refractivity contribution in [1.29, 1.82) is 0 Å². The van der Waals surface area contributed by atoms with Crippen LogP contribution in [0.3, 0.4) is 0 Å². The standard InChI is InChI=1S/C6H7N3OS/c10-6(8-4-1-2-4)5-3-7-11-9-5/h3-4H,1-2H2,(H,8,10). The monoisotopic (exact) mass is 169 g/mol. The summed E-state index contributed by atoms with van der Waals surface area (Å²) >= 11 is 1.05. The first-order valence-electron chi connectivity index (χ1n) is 3.44. The van der Waals surface area contributed by atoms with E-state index in [2.05, 4.69) is 14.1 Å². The highest BCUT2D eigenvalue weighted by Gasteiger charge is 2.24. The van der Waals surface area contributed by atoms with Crippen molar-refractivity contribution in [3.63, 3.8) is 0 Å². The predicted octanol–water partition coefficient (Wildman–Crippen LogP) is 0.430. The molecular weight excluding hydrogens is 162 g/mol. The van der Waals surface area contributed by atoms with Crippen LogP contribution in [0.25, 0.3) is 0 Å². The summed E-state index contributed by atoms with van der Waals surface area (Å²) in [5, 5.41) is 2.82. The highest BCUT2D eigenvalue weighted by Crippen LogP contribution is 2.18. The molecule has 58 valence electrons. The molecule has 1 saturated carbocycles. The molecule has 1 aromatic rings. The molecule has 4 nitrogen and oxygen atoms in total. The van der Waals surface area contributed by atoms with Crippen LogP contribution >= 0.6 is 11.7 Å². The van der Waals surface area contributed by atoms with Crippen molar-refractivity contribution in [3.8, 4) is 0 Å². The molecule has 1 amide bonds. The van der Waals surface area contributed by atoms with Gasteiger partial charge in [-0.05, 0) is 12.8 Å². The Morgan fingerprint density at radius 2 is 2.55 bits per heavy atom. The zero-order chi connectivity index (χ0) is 7.68. The van der Waals surface area contributed by atoms with Crippen LogP contribution in [0.15, 0.2) is 6.20 Å². The Balaban J connectivity index is 1.99. The Morgan fingerprint density at radius 1 is 1.73 bits per heavy atom. The minimum absolute atomic E-state index is 0.0961. The average molecular weight is 169 g/mol. The summed E-state index contributed by atoms with van der Waals surface area (Å²) in [4.78, 5) is 11.1. The third-order valence-electron chi connectivity index (χ3n) is 1.51. The van der Waals surface area contributed by atoms with E-state index in [9.17, 15) is 4.79 Å². The number of hydrogen-bond acceptors (Lipinski definition) is 4. The molecule has 0 aromatic carbocycles. The van der Waals surface area contributed by atoms with Crippen LogP contribution in [0.1, 0.15) is 23.3 Å². The molecule has 1 aliphatic carbocycles. The molecule has 5 heteroatoms. The van der Waals surface area contributed by atoms with Crippen molar-refractivity contribution in [3.05, 3.63) is 11.9 Å². The maximum Gasteiger partial charge on any atom is 0.272 e. The van der Waals surface area contributed by atoms with Crippen molar-refractivity contribution in [2.75, 3.05) is 0 Å². The van der Waals surface area contributed by atoms with Gasteiger partial charge in [0, 0.05) is 6.04 Å². The van der Waals surface area contributed by atoms with Crippen LogP contribution in [-0.4, -0.2) is 20.7 Å². The molecule has 11 heavy (non-hydrogen) atoms. The maximum atomic E-state index is 11.1. The number of nitrogens with one attached hydrogen (secondary N) is 1. The summed E-state index contributed by atoms with van der Waals surface area (Å²) in [5.41, 5.74) is 0.432. The largest absolute Gasteiger partial charge is 0.348 e. The molecule has 1 aliphatic rings. The van der Waals surface area contributed by atoms with E-state index >= 15 is 0 Å². The molecule has 0 saturated heterocycles. The second-order valence-electron chi connectivity index (χ2n) is 2.54. The Kier molecular flexibility index (Phi) is 1.58. The van der Waals surface area contributed by atoms with Gasteiger partial charge in [-0.25, -0.2) is 0 Å². The molecule has 1 fully saturated rings. The zero-order valence-electron chi connectivity index (χ0n) is 5.78. The molecule has 1 N–H and O–H groups in total. The van der Waals surface area contributed by atoms with E-state index in [1.807, 2.05) is 0 Å². The number of hydrogen-bond donors (Lipinski definition) is 1. The van der Waals surface area contributed by atoms with Crippen molar-refractivity contribution in [1.82, 2.24) is 14.1 Å². The number of carbonyl (C=O) groups is 1.